The molecule has 4 fully saturated rings. The molecule has 2 saturated heterocycles. The lowest BCUT2D eigenvalue weighted by Gasteiger charge is -2.37. The summed E-state index contributed by atoms with van der Waals surface area (Å²) in [5.74, 6) is 2.10. The molecule has 2 bridgehead atoms. The molecule has 7 atom stereocenters. The number of carbonyl (C=O) groups excluding carboxylic acids is 2. The molecule has 20 heavy (non-hydrogen) atoms. The lowest BCUT2D eigenvalue weighted by atomic mass is 9.63. The summed E-state index contributed by atoms with van der Waals surface area (Å²) in [5, 5.41) is 0. The Bertz CT molecular complexity index is 486. The van der Waals surface area contributed by atoms with E-state index in [4.69, 9.17) is 4.74 Å². The van der Waals surface area contributed by atoms with E-state index in [-0.39, 0.29) is 29.8 Å². The van der Waals surface area contributed by atoms with Crippen molar-refractivity contribution in [2.75, 3.05) is 13.2 Å². The van der Waals surface area contributed by atoms with Crippen molar-refractivity contribution in [2.24, 2.45) is 35.5 Å². The first-order valence-electron chi connectivity index (χ1n) is 7.91. The molecule has 0 unspecified atom stereocenters. The van der Waals surface area contributed by atoms with Crippen molar-refractivity contribution in [2.45, 2.75) is 25.4 Å². The lowest BCUT2D eigenvalue weighted by Crippen LogP contribution is -2.40. The van der Waals surface area contributed by atoms with E-state index in [1.54, 1.807) is 0 Å². The van der Waals surface area contributed by atoms with Gasteiger partial charge in [0.1, 0.15) is 0 Å². The SMILES string of the molecule is O=C1[C@@H]2[C@@H]3C=C[C@H]([C@H]4C[C@H]34)[C@@H]2C(=O)N1C[C@H]1CCCO1. The van der Waals surface area contributed by atoms with Gasteiger partial charge in [0.05, 0.1) is 24.5 Å². The molecule has 0 aromatic rings. The van der Waals surface area contributed by atoms with Crippen LogP contribution in [0.5, 0.6) is 0 Å². The van der Waals surface area contributed by atoms with Gasteiger partial charge in [-0.3, -0.25) is 14.5 Å². The van der Waals surface area contributed by atoms with Crippen LogP contribution in [0.2, 0.25) is 0 Å². The average molecular weight is 273 g/mol. The maximum atomic E-state index is 12.7. The molecular weight excluding hydrogens is 254 g/mol. The van der Waals surface area contributed by atoms with Gasteiger partial charge < -0.3 is 4.74 Å². The molecule has 6 aliphatic rings. The van der Waals surface area contributed by atoms with Gasteiger partial charge in [0.25, 0.3) is 0 Å². The molecule has 2 amide bonds. The second kappa shape index (κ2) is 3.73. The van der Waals surface area contributed by atoms with Gasteiger partial charge in [-0.1, -0.05) is 12.2 Å². The van der Waals surface area contributed by atoms with Crippen LogP contribution in [0.1, 0.15) is 19.3 Å². The fourth-order valence-electron chi connectivity index (χ4n) is 5.19. The minimum Gasteiger partial charge on any atom is -0.376 e. The van der Waals surface area contributed by atoms with E-state index in [0.29, 0.717) is 30.2 Å². The fraction of sp³-hybridized carbons (Fsp3) is 0.750. The van der Waals surface area contributed by atoms with Crippen molar-refractivity contribution in [3.8, 4) is 0 Å². The number of hydrogen-bond donors (Lipinski definition) is 0. The fourth-order valence-corrected chi connectivity index (χ4v) is 5.19. The molecule has 106 valence electrons. The number of ether oxygens (including phenoxy) is 1. The molecule has 0 radical (unpaired) electrons. The molecule has 4 nitrogen and oxygen atoms in total. The van der Waals surface area contributed by atoms with Crippen LogP contribution in [0.25, 0.3) is 0 Å². The van der Waals surface area contributed by atoms with Crippen molar-refractivity contribution in [1.29, 1.82) is 0 Å². The first kappa shape index (κ1) is 11.5. The molecule has 4 heteroatoms. The van der Waals surface area contributed by atoms with E-state index in [1.165, 1.54) is 11.3 Å². The number of amides is 2. The smallest absolute Gasteiger partial charge is 0.233 e. The predicted molar refractivity (Wildman–Crippen MR) is 70.4 cm³/mol. The third-order valence-electron chi connectivity index (χ3n) is 6.16. The van der Waals surface area contributed by atoms with E-state index >= 15 is 0 Å². The van der Waals surface area contributed by atoms with Gasteiger partial charge in [-0.05, 0) is 42.9 Å². The summed E-state index contributed by atoms with van der Waals surface area (Å²) in [5.41, 5.74) is 0. The Balaban J connectivity index is 1.44. The molecular formula is C16H19NO3. The van der Waals surface area contributed by atoms with Crippen LogP contribution in [-0.4, -0.2) is 36.0 Å². The topological polar surface area (TPSA) is 46.6 Å². The monoisotopic (exact) mass is 273 g/mol. The molecule has 0 aromatic heterocycles. The Morgan fingerprint density at radius 2 is 1.75 bits per heavy atom. The Morgan fingerprint density at radius 1 is 1.10 bits per heavy atom. The van der Waals surface area contributed by atoms with Gasteiger partial charge in [-0.25, -0.2) is 0 Å². The van der Waals surface area contributed by atoms with Crippen molar-refractivity contribution in [1.82, 2.24) is 4.90 Å². The average Bonchev–Trinajstić information content (AvgIpc) is 3.08. The number of nitrogens with zero attached hydrogens (tertiary/aromatic N) is 1. The van der Waals surface area contributed by atoms with Crippen molar-refractivity contribution in [3.63, 3.8) is 0 Å². The third-order valence-corrected chi connectivity index (χ3v) is 6.16. The summed E-state index contributed by atoms with van der Waals surface area (Å²) >= 11 is 0. The summed E-state index contributed by atoms with van der Waals surface area (Å²) in [6.45, 7) is 1.25. The number of rotatable bonds is 2. The van der Waals surface area contributed by atoms with Crippen molar-refractivity contribution >= 4 is 11.8 Å². The molecule has 2 heterocycles. The Morgan fingerprint density at radius 3 is 2.30 bits per heavy atom. The van der Waals surface area contributed by atoms with Gasteiger partial charge in [0, 0.05) is 6.61 Å². The third kappa shape index (κ3) is 1.31. The quantitative estimate of drug-likeness (QED) is 0.561. The van der Waals surface area contributed by atoms with E-state index in [0.717, 1.165) is 19.4 Å². The standard InChI is InChI=1S/C16H19NO3/c18-15-13-9-3-4-10(12-6-11(9)12)14(13)16(19)17(15)7-8-2-1-5-20-8/h3-4,8-14H,1-2,5-7H2/t8-,9-,10-,11-,12-,13-,14+/m1/s1. The maximum Gasteiger partial charge on any atom is 0.233 e. The molecule has 2 aliphatic heterocycles. The zero-order valence-corrected chi connectivity index (χ0v) is 11.4. The van der Waals surface area contributed by atoms with Gasteiger partial charge in [-0.2, -0.15) is 0 Å². The summed E-state index contributed by atoms with van der Waals surface area (Å²) in [6, 6.07) is 0. The highest BCUT2D eigenvalue weighted by molar-refractivity contribution is 6.06. The molecule has 0 N–H and O–H groups in total. The van der Waals surface area contributed by atoms with E-state index in [9.17, 15) is 9.59 Å². The maximum absolute atomic E-state index is 12.7. The second-order valence-electron chi connectivity index (χ2n) is 7.08. The van der Waals surface area contributed by atoms with E-state index < -0.39 is 0 Å². The van der Waals surface area contributed by atoms with Gasteiger partial charge in [-0.15, -0.1) is 0 Å². The lowest BCUT2D eigenvalue weighted by molar-refractivity contribution is -0.142. The number of likely N-dealkylation sites (tertiary alicyclic amines) is 1. The Hall–Kier alpha value is -1.16. The second-order valence-corrected chi connectivity index (χ2v) is 7.08. The number of imide groups is 1. The van der Waals surface area contributed by atoms with Crippen LogP contribution in [0.3, 0.4) is 0 Å². The van der Waals surface area contributed by atoms with Crippen LogP contribution in [0, 0.1) is 35.5 Å². The zero-order chi connectivity index (χ0) is 13.4. The first-order valence-corrected chi connectivity index (χ1v) is 7.91. The summed E-state index contributed by atoms with van der Waals surface area (Å²) < 4.78 is 5.60. The highest BCUT2D eigenvalue weighted by Gasteiger charge is 2.67. The number of hydrogen-bond acceptors (Lipinski definition) is 3. The molecule has 2 saturated carbocycles. The van der Waals surface area contributed by atoms with Crippen LogP contribution >= 0.6 is 0 Å². The molecule has 4 aliphatic carbocycles. The van der Waals surface area contributed by atoms with Crippen LogP contribution in [-0.2, 0) is 14.3 Å². The van der Waals surface area contributed by atoms with E-state index in [2.05, 4.69) is 12.2 Å². The highest BCUT2D eigenvalue weighted by atomic mass is 16.5. The minimum atomic E-state index is -0.0531. The summed E-state index contributed by atoms with van der Waals surface area (Å²) in [7, 11) is 0. The largest absolute Gasteiger partial charge is 0.376 e. The van der Waals surface area contributed by atoms with Crippen LogP contribution < -0.4 is 0 Å². The number of allylic oxidation sites excluding steroid dienone is 2. The van der Waals surface area contributed by atoms with Crippen molar-refractivity contribution in [3.05, 3.63) is 12.2 Å². The van der Waals surface area contributed by atoms with Crippen LogP contribution in [0.4, 0.5) is 0 Å². The highest BCUT2D eigenvalue weighted by Crippen LogP contribution is 2.65. The Labute approximate surface area is 118 Å². The van der Waals surface area contributed by atoms with Crippen LogP contribution in [0.15, 0.2) is 12.2 Å². The predicted octanol–water partition coefficient (Wildman–Crippen LogP) is 1.22. The first-order chi connectivity index (χ1) is 9.75. The van der Waals surface area contributed by atoms with E-state index in [1.807, 2.05) is 0 Å². The zero-order valence-electron chi connectivity index (χ0n) is 11.4. The molecule has 6 rings (SSSR count). The number of carbonyl (C=O) groups is 2. The summed E-state index contributed by atoms with van der Waals surface area (Å²) in [4.78, 5) is 26.9. The normalized spacial score (nSPS) is 51.6. The molecule has 0 aromatic carbocycles. The van der Waals surface area contributed by atoms with Gasteiger partial charge in [0.2, 0.25) is 11.8 Å². The van der Waals surface area contributed by atoms with Gasteiger partial charge >= 0.3 is 0 Å². The summed E-state index contributed by atoms with van der Waals surface area (Å²) in [6.07, 6.45) is 7.76. The minimum absolute atomic E-state index is 0.0531. The van der Waals surface area contributed by atoms with Crippen molar-refractivity contribution < 1.29 is 14.3 Å². The Kier molecular flexibility index (Phi) is 2.14. The molecule has 0 spiro atoms. The van der Waals surface area contributed by atoms with Gasteiger partial charge in [0.15, 0.2) is 0 Å².